The zero-order valence-corrected chi connectivity index (χ0v) is 14.8. The van der Waals surface area contributed by atoms with E-state index in [-0.39, 0.29) is 0 Å². The average molecular weight is 349 g/mol. The molecule has 2 aromatic rings. The summed E-state index contributed by atoms with van der Waals surface area (Å²) >= 11 is 6.49. The molecule has 1 heterocycles. The summed E-state index contributed by atoms with van der Waals surface area (Å²) in [5, 5.41) is 8.36. The van der Waals surface area contributed by atoms with Crippen LogP contribution in [0.25, 0.3) is 0 Å². The van der Waals surface area contributed by atoms with Gasteiger partial charge in [-0.2, -0.15) is 9.47 Å². The number of benzene rings is 1. The number of thiocarbonyl (C=S) groups is 1. The highest BCUT2D eigenvalue weighted by Crippen LogP contribution is 2.21. The molecule has 8 heteroatoms. The van der Waals surface area contributed by atoms with Gasteiger partial charge < -0.3 is 15.8 Å². The van der Waals surface area contributed by atoms with Crippen molar-refractivity contribution in [2.45, 2.75) is 20.8 Å². The largest absolute Gasteiger partial charge is 0.494 e. The van der Waals surface area contributed by atoms with Crippen LogP contribution >= 0.6 is 23.8 Å². The molecule has 0 bridgehead atoms. The summed E-state index contributed by atoms with van der Waals surface area (Å²) in [6, 6.07) is 7.54. The Hall–Kier alpha value is -2.19. The van der Waals surface area contributed by atoms with Gasteiger partial charge in [0.15, 0.2) is 5.11 Å². The highest BCUT2D eigenvalue weighted by atomic mass is 32.1. The van der Waals surface area contributed by atoms with Crippen LogP contribution in [-0.2, 0) is 0 Å². The van der Waals surface area contributed by atoms with Gasteiger partial charge in [0.2, 0.25) is 0 Å². The summed E-state index contributed by atoms with van der Waals surface area (Å²) < 4.78 is 9.60. The van der Waals surface area contributed by atoms with Crippen molar-refractivity contribution in [3.05, 3.63) is 35.5 Å². The van der Waals surface area contributed by atoms with Crippen LogP contribution in [0.3, 0.4) is 0 Å². The number of nitrogens with one attached hydrogen (secondary N) is 2. The number of hydrogen-bond acceptors (Lipinski definition) is 6. The fraction of sp³-hybridized carbons (Fsp3) is 0.267. The number of rotatable bonds is 5. The zero-order valence-electron chi connectivity index (χ0n) is 13.2. The van der Waals surface area contributed by atoms with Gasteiger partial charge in [0, 0.05) is 5.69 Å². The van der Waals surface area contributed by atoms with E-state index in [1.54, 1.807) is 0 Å². The van der Waals surface area contributed by atoms with Gasteiger partial charge in [-0.3, -0.25) is 5.43 Å². The Morgan fingerprint density at radius 2 is 2.09 bits per heavy atom. The van der Waals surface area contributed by atoms with Crippen molar-refractivity contribution in [2.75, 3.05) is 17.7 Å². The van der Waals surface area contributed by atoms with E-state index in [0.717, 1.165) is 28.4 Å². The Labute approximate surface area is 144 Å². The van der Waals surface area contributed by atoms with Crippen LogP contribution in [0.1, 0.15) is 25.1 Å². The van der Waals surface area contributed by atoms with Crippen LogP contribution in [0, 0.1) is 6.92 Å². The van der Waals surface area contributed by atoms with Crippen molar-refractivity contribution in [1.29, 1.82) is 0 Å². The molecule has 0 aliphatic rings. The molecule has 0 aliphatic carbocycles. The van der Waals surface area contributed by atoms with Crippen LogP contribution in [0.5, 0.6) is 5.75 Å². The molecule has 1 aromatic carbocycles. The molecular formula is C15H19N5OS2. The average Bonchev–Trinajstić information content (AvgIpc) is 2.86. The molecule has 0 atom stereocenters. The van der Waals surface area contributed by atoms with E-state index >= 15 is 0 Å². The van der Waals surface area contributed by atoms with Gasteiger partial charge in [0.05, 0.1) is 23.6 Å². The normalized spacial score (nSPS) is 11.2. The summed E-state index contributed by atoms with van der Waals surface area (Å²) in [7, 11) is 0. The number of aromatic nitrogens is 1. The van der Waals surface area contributed by atoms with Crippen molar-refractivity contribution < 1.29 is 4.74 Å². The standard InChI is InChI=1S/C15H19N5OS2/c1-4-21-12-7-5-11(6-8-12)17-15(22)19-18-9(2)13-10(3)20-23-14(13)16/h5-8H,4,16H2,1-3H3,(H2,17,19,22)/b18-9-. The van der Waals surface area contributed by atoms with Gasteiger partial charge in [-0.15, -0.1) is 0 Å². The molecule has 0 saturated carbocycles. The Morgan fingerprint density at radius 3 is 2.65 bits per heavy atom. The molecule has 0 fully saturated rings. The summed E-state index contributed by atoms with van der Waals surface area (Å²) in [6.07, 6.45) is 0. The fourth-order valence-electron chi connectivity index (χ4n) is 1.98. The van der Waals surface area contributed by atoms with E-state index in [1.807, 2.05) is 45.0 Å². The molecule has 1 aromatic heterocycles. The van der Waals surface area contributed by atoms with Crippen molar-refractivity contribution in [2.24, 2.45) is 5.10 Å². The smallest absolute Gasteiger partial charge is 0.191 e. The summed E-state index contributed by atoms with van der Waals surface area (Å²) in [5.74, 6) is 0.821. The second-order valence-electron chi connectivity index (χ2n) is 4.73. The molecule has 0 unspecified atom stereocenters. The number of hydrogen-bond donors (Lipinski definition) is 3. The van der Waals surface area contributed by atoms with Crippen molar-refractivity contribution in [3.63, 3.8) is 0 Å². The van der Waals surface area contributed by atoms with E-state index in [0.29, 0.717) is 16.7 Å². The highest BCUT2D eigenvalue weighted by Gasteiger charge is 2.10. The van der Waals surface area contributed by atoms with Crippen LogP contribution in [0.2, 0.25) is 0 Å². The second-order valence-corrected chi connectivity index (χ2v) is 5.94. The lowest BCUT2D eigenvalue weighted by atomic mass is 10.2. The molecule has 0 radical (unpaired) electrons. The Morgan fingerprint density at radius 1 is 1.39 bits per heavy atom. The Kier molecular flexibility index (Phi) is 5.89. The van der Waals surface area contributed by atoms with Gasteiger partial charge in [-0.1, -0.05) is 0 Å². The highest BCUT2D eigenvalue weighted by molar-refractivity contribution is 7.80. The first-order valence-corrected chi connectivity index (χ1v) is 8.25. The minimum Gasteiger partial charge on any atom is -0.494 e. The minimum absolute atomic E-state index is 0.396. The number of nitrogens with two attached hydrogens (primary N) is 1. The lowest BCUT2D eigenvalue weighted by Crippen LogP contribution is -2.25. The topological polar surface area (TPSA) is 84.6 Å². The van der Waals surface area contributed by atoms with Gasteiger partial charge in [-0.05, 0) is 68.8 Å². The molecular weight excluding hydrogens is 330 g/mol. The molecule has 23 heavy (non-hydrogen) atoms. The minimum atomic E-state index is 0.396. The number of aryl methyl sites for hydroxylation is 1. The lowest BCUT2D eigenvalue weighted by Gasteiger charge is -2.09. The molecule has 0 aliphatic heterocycles. The predicted octanol–water partition coefficient (Wildman–Crippen LogP) is 3.14. The third-order valence-corrected chi connectivity index (χ3v) is 3.96. The monoisotopic (exact) mass is 349 g/mol. The van der Waals surface area contributed by atoms with Crippen LogP contribution in [0.4, 0.5) is 10.7 Å². The lowest BCUT2D eigenvalue weighted by molar-refractivity contribution is 0.340. The van der Waals surface area contributed by atoms with Gasteiger partial charge >= 0.3 is 0 Å². The van der Waals surface area contributed by atoms with E-state index in [9.17, 15) is 0 Å². The van der Waals surface area contributed by atoms with Crippen LogP contribution in [0.15, 0.2) is 29.4 Å². The number of nitrogen functional groups attached to an aromatic ring is 1. The van der Waals surface area contributed by atoms with Crippen LogP contribution < -0.4 is 21.2 Å². The van der Waals surface area contributed by atoms with Crippen molar-refractivity contribution in [1.82, 2.24) is 9.80 Å². The molecule has 0 saturated heterocycles. The van der Waals surface area contributed by atoms with Crippen molar-refractivity contribution >= 4 is 45.3 Å². The first kappa shape index (κ1) is 17.2. The first-order valence-electron chi connectivity index (χ1n) is 7.07. The molecule has 0 spiro atoms. The Balaban J connectivity index is 1.95. The van der Waals surface area contributed by atoms with Gasteiger partial charge in [0.25, 0.3) is 0 Å². The summed E-state index contributed by atoms with van der Waals surface area (Å²) in [5.41, 5.74) is 12.0. The second kappa shape index (κ2) is 7.89. The third-order valence-electron chi connectivity index (χ3n) is 3.00. The van der Waals surface area contributed by atoms with Crippen LogP contribution in [-0.4, -0.2) is 21.8 Å². The predicted molar refractivity (Wildman–Crippen MR) is 100 cm³/mol. The zero-order chi connectivity index (χ0) is 16.8. The SMILES string of the molecule is CCOc1ccc(NC(=S)N/N=C(/C)c2c(C)nsc2N)cc1. The maximum absolute atomic E-state index is 5.90. The molecule has 2 rings (SSSR count). The van der Waals surface area contributed by atoms with Gasteiger partial charge in [-0.25, -0.2) is 0 Å². The first-order chi connectivity index (χ1) is 11.0. The number of anilines is 2. The Bertz CT molecular complexity index is 690. The van der Waals surface area contributed by atoms with Crippen molar-refractivity contribution in [3.8, 4) is 5.75 Å². The van der Waals surface area contributed by atoms with E-state index in [1.165, 1.54) is 11.5 Å². The quantitative estimate of drug-likeness (QED) is 0.437. The third kappa shape index (κ3) is 4.64. The molecule has 6 nitrogen and oxygen atoms in total. The maximum Gasteiger partial charge on any atom is 0.191 e. The molecule has 0 amide bonds. The molecule has 122 valence electrons. The summed E-state index contributed by atoms with van der Waals surface area (Å²) in [6.45, 7) is 6.35. The fourth-order valence-corrected chi connectivity index (χ4v) is 2.85. The number of nitrogens with zero attached hydrogens (tertiary/aromatic N) is 2. The molecule has 4 N–H and O–H groups in total. The summed E-state index contributed by atoms with van der Waals surface area (Å²) in [4.78, 5) is 0. The number of hydrazone groups is 1. The number of ether oxygens (including phenoxy) is 1. The van der Waals surface area contributed by atoms with Gasteiger partial charge in [0.1, 0.15) is 10.8 Å². The van der Waals surface area contributed by atoms with E-state index < -0.39 is 0 Å². The van der Waals surface area contributed by atoms with E-state index in [2.05, 4.69) is 20.2 Å². The van der Waals surface area contributed by atoms with E-state index in [4.69, 9.17) is 22.7 Å². The maximum atomic E-state index is 5.90.